The lowest BCUT2D eigenvalue weighted by Crippen LogP contribution is -2.52. The first-order valence-corrected chi connectivity index (χ1v) is 5.50. The molecule has 1 rings (SSSR count). The maximum absolute atomic E-state index is 11.9. The molecule has 0 aromatic heterocycles. The lowest BCUT2D eigenvalue weighted by atomic mass is 10.0. The normalized spacial score (nSPS) is 10.9. The molecule has 5 heteroatoms. The molecule has 1 aromatic rings. The fourth-order valence-corrected chi connectivity index (χ4v) is 1.33. The van der Waals surface area contributed by atoms with E-state index in [9.17, 15) is 4.79 Å². The van der Waals surface area contributed by atoms with Crippen molar-refractivity contribution in [2.24, 2.45) is 5.73 Å². The third-order valence-corrected chi connectivity index (χ3v) is 3.00. The van der Waals surface area contributed by atoms with Crippen molar-refractivity contribution in [3.63, 3.8) is 0 Å². The zero-order valence-corrected chi connectivity index (χ0v) is 10.7. The number of hydrogen-bond donors (Lipinski definition) is 2. The van der Waals surface area contributed by atoms with Gasteiger partial charge in [0.1, 0.15) is 0 Å². The van der Waals surface area contributed by atoms with Gasteiger partial charge in [0.05, 0.1) is 21.1 Å². The van der Waals surface area contributed by atoms with Crippen LogP contribution in [0.25, 0.3) is 0 Å². The molecule has 0 heterocycles. The predicted molar refractivity (Wildman–Crippen MR) is 69.8 cm³/mol. The largest absolute Gasteiger partial charge is 0.391 e. The van der Waals surface area contributed by atoms with Gasteiger partial charge in [-0.25, -0.2) is 0 Å². The van der Waals surface area contributed by atoms with E-state index in [2.05, 4.69) is 5.32 Å². The molecule has 0 aliphatic carbocycles. The molecular weight excluding hydrogens is 244 g/mol. The molecule has 1 amide bonds. The van der Waals surface area contributed by atoms with Crippen molar-refractivity contribution in [1.29, 1.82) is 0 Å². The molecule has 0 aliphatic heterocycles. The quantitative estimate of drug-likeness (QED) is 0.815. The highest BCUT2D eigenvalue weighted by molar-refractivity contribution is 7.80. The molecule has 0 atom stereocenters. The maximum Gasteiger partial charge on any atom is 0.253 e. The minimum absolute atomic E-state index is 0.230. The van der Waals surface area contributed by atoms with Crippen LogP contribution in [0, 0.1) is 0 Å². The molecule has 0 saturated carbocycles. The molecule has 0 unspecified atom stereocenters. The van der Waals surface area contributed by atoms with Crippen molar-refractivity contribution < 1.29 is 4.79 Å². The molecule has 3 N–H and O–H groups in total. The minimum Gasteiger partial charge on any atom is -0.391 e. The van der Waals surface area contributed by atoms with Gasteiger partial charge < -0.3 is 11.1 Å². The number of nitrogens with two attached hydrogens (primary N) is 1. The number of hydrogen-bond acceptors (Lipinski definition) is 2. The van der Waals surface area contributed by atoms with E-state index in [0.29, 0.717) is 10.6 Å². The Morgan fingerprint density at radius 1 is 1.44 bits per heavy atom. The number of carbonyl (C=O) groups excluding carboxylic acids is 1. The van der Waals surface area contributed by atoms with Crippen LogP contribution in [0.5, 0.6) is 0 Å². The molecule has 0 fully saturated rings. The van der Waals surface area contributed by atoms with Crippen molar-refractivity contribution in [2.45, 2.75) is 19.4 Å². The second kappa shape index (κ2) is 4.80. The summed E-state index contributed by atoms with van der Waals surface area (Å²) >= 11 is 10.8. The number of benzene rings is 1. The summed E-state index contributed by atoms with van der Waals surface area (Å²) in [6.45, 7) is 3.48. The van der Waals surface area contributed by atoms with Crippen LogP contribution in [0.1, 0.15) is 24.2 Å². The zero-order valence-electron chi connectivity index (χ0n) is 9.08. The van der Waals surface area contributed by atoms with Crippen molar-refractivity contribution in [2.75, 3.05) is 0 Å². The molecule has 16 heavy (non-hydrogen) atoms. The second-order valence-electron chi connectivity index (χ2n) is 3.92. The molecule has 3 nitrogen and oxygen atoms in total. The molecule has 0 radical (unpaired) electrons. The average Bonchev–Trinajstić information content (AvgIpc) is 2.17. The van der Waals surface area contributed by atoms with Crippen LogP contribution in [0.4, 0.5) is 0 Å². The molecule has 0 spiro atoms. The highest BCUT2D eigenvalue weighted by Gasteiger charge is 2.24. The van der Waals surface area contributed by atoms with E-state index in [1.165, 1.54) is 0 Å². The van der Waals surface area contributed by atoms with Crippen molar-refractivity contribution in [3.8, 4) is 0 Å². The van der Waals surface area contributed by atoms with Gasteiger partial charge >= 0.3 is 0 Å². The van der Waals surface area contributed by atoms with Gasteiger partial charge in [0.2, 0.25) is 0 Å². The van der Waals surface area contributed by atoms with Gasteiger partial charge in [-0.1, -0.05) is 36.0 Å². The van der Waals surface area contributed by atoms with Crippen LogP contribution >= 0.6 is 23.8 Å². The van der Waals surface area contributed by atoms with E-state index in [4.69, 9.17) is 29.6 Å². The fourth-order valence-electron chi connectivity index (χ4n) is 1.06. The van der Waals surface area contributed by atoms with Gasteiger partial charge in [-0.15, -0.1) is 0 Å². The minimum atomic E-state index is -0.731. The maximum atomic E-state index is 11.9. The van der Waals surface area contributed by atoms with Gasteiger partial charge in [0, 0.05) is 0 Å². The smallest absolute Gasteiger partial charge is 0.253 e. The van der Waals surface area contributed by atoms with E-state index >= 15 is 0 Å². The number of thiocarbonyl (C=S) groups is 1. The summed E-state index contributed by atoms with van der Waals surface area (Å²) < 4.78 is 0. The summed E-state index contributed by atoms with van der Waals surface area (Å²) in [7, 11) is 0. The van der Waals surface area contributed by atoms with Crippen LogP contribution in [0.3, 0.4) is 0 Å². The van der Waals surface area contributed by atoms with E-state index in [-0.39, 0.29) is 10.9 Å². The first kappa shape index (κ1) is 12.9. The van der Waals surface area contributed by atoms with E-state index < -0.39 is 5.54 Å². The Bertz CT molecular complexity index is 432. The first-order valence-electron chi connectivity index (χ1n) is 4.71. The monoisotopic (exact) mass is 256 g/mol. The highest BCUT2D eigenvalue weighted by atomic mass is 35.5. The SMILES string of the molecule is CC(C)(NC(=O)c1ccccc1Cl)C(N)=S. The highest BCUT2D eigenvalue weighted by Crippen LogP contribution is 2.15. The molecule has 86 valence electrons. The molecular formula is C11H13ClN2OS. The second-order valence-corrected chi connectivity index (χ2v) is 4.77. The van der Waals surface area contributed by atoms with Gasteiger partial charge in [-0.05, 0) is 26.0 Å². The van der Waals surface area contributed by atoms with Crippen LogP contribution in [-0.2, 0) is 0 Å². The number of halogens is 1. The van der Waals surface area contributed by atoms with Crippen LogP contribution in [0.15, 0.2) is 24.3 Å². The van der Waals surface area contributed by atoms with Crippen molar-refractivity contribution in [3.05, 3.63) is 34.9 Å². The van der Waals surface area contributed by atoms with Crippen LogP contribution < -0.4 is 11.1 Å². The summed E-state index contributed by atoms with van der Waals surface area (Å²) in [5.41, 5.74) is 5.20. The molecule has 0 saturated heterocycles. The molecule has 0 aliphatic rings. The Morgan fingerprint density at radius 3 is 2.50 bits per heavy atom. The predicted octanol–water partition coefficient (Wildman–Crippen LogP) is 2.13. The molecule has 0 bridgehead atoms. The van der Waals surface area contributed by atoms with Gasteiger partial charge in [-0.3, -0.25) is 4.79 Å². The van der Waals surface area contributed by atoms with Gasteiger partial charge in [0.15, 0.2) is 0 Å². The number of nitrogens with one attached hydrogen (secondary N) is 1. The standard InChI is InChI=1S/C11H13ClN2OS/c1-11(2,10(13)16)14-9(15)7-5-3-4-6-8(7)12/h3-6H,1-2H3,(H2,13,16)(H,14,15). The summed E-state index contributed by atoms with van der Waals surface area (Å²) in [6.07, 6.45) is 0. The fraction of sp³-hybridized carbons (Fsp3) is 0.273. The zero-order chi connectivity index (χ0) is 12.3. The molecule has 1 aromatic carbocycles. The van der Waals surface area contributed by atoms with E-state index in [1.807, 2.05) is 0 Å². The lowest BCUT2D eigenvalue weighted by Gasteiger charge is -2.24. The third-order valence-electron chi connectivity index (χ3n) is 2.16. The summed E-state index contributed by atoms with van der Waals surface area (Å²) in [6, 6.07) is 6.81. The number of amides is 1. The Labute approximate surface area is 105 Å². The Hall–Kier alpha value is -1.13. The van der Waals surface area contributed by atoms with E-state index in [1.54, 1.807) is 38.1 Å². The summed E-state index contributed by atoms with van der Waals surface area (Å²) in [5, 5.41) is 3.12. The summed E-state index contributed by atoms with van der Waals surface area (Å²) in [5.74, 6) is -0.289. The summed E-state index contributed by atoms with van der Waals surface area (Å²) in [4.78, 5) is 12.1. The topological polar surface area (TPSA) is 55.1 Å². The van der Waals surface area contributed by atoms with Crippen molar-refractivity contribution >= 4 is 34.7 Å². The Kier molecular flexibility index (Phi) is 3.88. The van der Waals surface area contributed by atoms with Crippen LogP contribution in [0.2, 0.25) is 5.02 Å². The first-order chi connectivity index (χ1) is 7.34. The van der Waals surface area contributed by atoms with Gasteiger partial charge in [-0.2, -0.15) is 0 Å². The Balaban J connectivity index is 2.89. The lowest BCUT2D eigenvalue weighted by molar-refractivity contribution is 0.0932. The Morgan fingerprint density at radius 2 is 2.00 bits per heavy atom. The van der Waals surface area contributed by atoms with E-state index in [0.717, 1.165) is 0 Å². The number of carbonyl (C=O) groups is 1. The van der Waals surface area contributed by atoms with Gasteiger partial charge in [0.25, 0.3) is 5.91 Å². The van der Waals surface area contributed by atoms with Crippen LogP contribution in [-0.4, -0.2) is 16.4 Å². The average molecular weight is 257 g/mol. The van der Waals surface area contributed by atoms with Crippen molar-refractivity contribution in [1.82, 2.24) is 5.32 Å². The number of rotatable bonds is 3. The third kappa shape index (κ3) is 2.93.